The molecule has 2 aromatic rings. The van der Waals surface area contributed by atoms with Gasteiger partial charge in [-0.05, 0) is 61.4 Å². The Morgan fingerprint density at radius 3 is 2.44 bits per heavy atom. The van der Waals surface area contributed by atoms with E-state index in [4.69, 9.17) is 4.74 Å². The topological polar surface area (TPSA) is 80.8 Å². The molecule has 0 aliphatic carbocycles. The van der Waals surface area contributed by atoms with E-state index in [9.17, 15) is 22.4 Å². The average molecular weight is 391 g/mol. The molecule has 0 saturated heterocycles. The summed E-state index contributed by atoms with van der Waals surface area (Å²) in [5.74, 6) is -1.58. The van der Waals surface area contributed by atoms with Crippen molar-refractivity contribution in [2.24, 2.45) is 0 Å². The standard InChI is InChI=1S/C19H18FNO5S/c1-2-27(24,25)21-10-9-14-11-15(5-8-17(14)21)18(22)12-26-19(23)13-3-6-16(20)7-4-13/h3-8,11H,2,9-10,12H2,1H3. The van der Waals surface area contributed by atoms with Crippen molar-refractivity contribution in [3.05, 3.63) is 65.0 Å². The zero-order chi connectivity index (χ0) is 19.6. The molecule has 1 aliphatic rings. The number of esters is 1. The first-order valence-electron chi connectivity index (χ1n) is 8.41. The summed E-state index contributed by atoms with van der Waals surface area (Å²) in [7, 11) is -3.35. The minimum absolute atomic E-state index is 0.00641. The third-order valence-electron chi connectivity index (χ3n) is 4.37. The number of carbonyl (C=O) groups is 2. The van der Waals surface area contributed by atoms with Gasteiger partial charge in [0.2, 0.25) is 10.0 Å². The maximum Gasteiger partial charge on any atom is 0.338 e. The maximum absolute atomic E-state index is 12.9. The Morgan fingerprint density at radius 2 is 1.78 bits per heavy atom. The number of hydrogen-bond donors (Lipinski definition) is 0. The van der Waals surface area contributed by atoms with Crippen LogP contribution < -0.4 is 4.31 Å². The van der Waals surface area contributed by atoms with Gasteiger partial charge in [0.25, 0.3) is 0 Å². The highest BCUT2D eigenvalue weighted by Gasteiger charge is 2.28. The van der Waals surface area contributed by atoms with Crippen LogP contribution in [0.5, 0.6) is 0 Å². The molecule has 0 fully saturated rings. The van der Waals surface area contributed by atoms with Crippen molar-refractivity contribution in [3.63, 3.8) is 0 Å². The monoisotopic (exact) mass is 391 g/mol. The number of sulfonamides is 1. The van der Waals surface area contributed by atoms with Crippen molar-refractivity contribution in [1.29, 1.82) is 0 Å². The van der Waals surface area contributed by atoms with Crippen molar-refractivity contribution < 1.29 is 27.1 Å². The van der Waals surface area contributed by atoms with Gasteiger partial charge in [-0.2, -0.15) is 0 Å². The molecular weight excluding hydrogens is 373 g/mol. The van der Waals surface area contributed by atoms with Crippen LogP contribution in [-0.2, 0) is 21.2 Å². The van der Waals surface area contributed by atoms with Crippen LogP contribution in [0, 0.1) is 5.82 Å². The van der Waals surface area contributed by atoms with Crippen LogP contribution in [0.1, 0.15) is 33.2 Å². The first-order valence-corrected chi connectivity index (χ1v) is 10.0. The van der Waals surface area contributed by atoms with Gasteiger partial charge in [-0.15, -0.1) is 0 Å². The quantitative estimate of drug-likeness (QED) is 0.559. The van der Waals surface area contributed by atoms with Gasteiger partial charge in [0, 0.05) is 12.1 Å². The van der Waals surface area contributed by atoms with Gasteiger partial charge in [0.15, 0.2) is 12.4 Å². The third-order valence-corrected chi connectivity index (χ3v) is 6.15. The van der Waals surface area contributed by atoms with Crippen LogP contribution in [0.4, 0.5) is 10.1 Å². The number of fused-ring (bicyclic) bond motifs is 1. The first-order chi connectivity index (χ1) is 12.8. The molecule has 0 atom stereocenters. The number of hydrogen-bond acceptors (Lipinski definition) is 5. The number of benzene rings is 2. The number of Topliss-reactive ketones (excluding diaryl/α,β-unsaturated/α-hetero) is 1. The summed E-state index contributed by atoms with van der Waals surface area (Å²) in [5.41, 5.74) is 1.84. The number of anilines is 1. The lowest BCUT2D eigenvalue weighted by Gasteiger charge is -2.18. The van der Waals surface area contributed by atoms with Crippen LogP contribution in [0.25, 0.3) is 0 Å². The van der Waals surface area contributed by atoms with E-state index in [1.54, 1.807) is 19.1 Å². The molecule has 0 unspecified atom stereocenters. The predicted octanol–water partition coefficient (Wildman–Crippen LogP) is 2.58. The molecule has 0 spiro atoms. The summed E-state index contributed by atoms with van der Waals surface area (Å²) in [6.07, 6.45) is 0.519. The molecular formula is C19H18FNO5S. The van der Waals surface area contributed by atoms with Crippen molar-refractivity contribution in [2.75, 3.05) is 23.2 Å². The minimum Gasteiger partial charge on any atom is -0.454 e. The van der Waals surface area contributed by atoms with Crippen LogP contribution >= 0.6 is 0 Å². The van der Waals surface area contributed by atoms with E-state index in [0.717, 1.165) is 17.7 Å². The number of carbonyl (C=O) groups excluding carboxylic acids is 2. The lowest BCUT2D eigenvalue weighted by molar-refractivity contribution is 0.0474. The molecule has 0 saturated carbocycles. The molecule has 1 aliphatic heterocycles. The molecule has 142 valence electrons. The van der Waals surface area contributed by atoms with E-state index in [-0.39, 0.29) is 11.3 Å². The second-order valence-electron chi connectivity index (χ2n) is 6.07. The van der Waals surface area contributed by atoms with Crippen LogP contribution in [0.3, 0.4) is 0 Å². The Hall–Kier alpha value is -2.74. The number of ketones is 1. The van der Waals surface area contributed by atoms with Gasteiger partial charge in [0.1, 0.15) is 5.82 Å². The van der Waals surface area contributed by atoms with Gasteiger partial charge < -0.3 is 4.74 Å². The Labute approximate surface area is 156 Å². The lowest BCUT2D eigenvalue weighted by atomic mass is 10.1. The maximum atomic E-state index is 12.9. The van der Waals surface area contributed by atoms with Crippen molar-refractivity contribution in [2.45, 2.75) is 13.3 Å². The van der Waals surface area contributed by atoms with Crippen molar-refractivity contribution in [1.82, 2.24) is 0 Å². The van der Waals surface area contributed by atoms with Crippen molar-refractivity contribution in [3.8, 4) is 0 Å². The summed E-state index contributed by atoms with van der Waals surface area (Å²) in [4.78, 5) is 24.2. The third kappa shape index (κ3) is 4.00. The van der Waals surface area contributed by atoms with E-state index >= 15 is 0 Å². The molecule has 0 bridgehead atoms. The largest absolute Gasteiger partial charge is 0.454 e. The number of rotatable bonds is 6. The molecule has 27 heavy (non-hydrogen) atoms. The fourth-order valence-corrected chi connectivity index (χ4v) is 4.03. The van der Waals surface area contributed by atoms with Gasteiger partial charge in [-0.3, -0.25) is 9.10 Å². The van der Waals surface area contributed by atoms with Gasteiger partial charge in [0.05, 0.1) is 17.0 Å². The van der Waals surface area contributed by atoms with E-state index in [1.165, 1.54) is 22.5 Å². The highest BCUT2D eigenvalue weighted by atomic mass is 32.2. The summed E-state index contributed by atoms with van der Waals surface area (Å²) in [6, 6.07) is 9.58. The number of halogens is 1. The molecule has 2 aromatic carbocycles. The molecule has 3 rings (SSSR count). The van der Waals surface area contributed by atoms with E-state index < -0.39 is 34.2 Å². The average Bonchev–Trinajstić information content (AvgIpc) is 3.10. The zero-order valence-electron chi connectivity index (χ0n) is 14.6. The number of ether oxygens (including phenoxy) is 1. The molecule has 1 heterocycles. The second kappa shape index (κ2) is 7.48. The van der Waals surface area contributed by atoms with Crippen molar-refractivity contribution >= 4 is 27.5 Å². The fraction of sp³-hybridized carbons (Fsp3) is 0.263. The summed E-state index contributed by atoms with van der Waals surface area (Å²) < 4.78 is 43.4. The predicted molar refractivity (Wildman–Crippen MR) is 98.0 cm³/mol. The summed E-state index contributed by atoms with van der Waals surface area (Å²) >= 11 is 0. The molecule has 6 nitrogen and oxygen atoms in total. The van der Waals surface area contributed by atoms with Gasteiger partial charge >= 0.3 is 5.97 Å². The molecule has 0 N–H and O–H groups in total. The van der Waals surface area contributed by atoms with E-state index in [2.05, 4.69) is 0 Å². The Morgan fingerprint density at radius 1 is 1.11 bits per heavy atom. The highest BCUT2D eigenvalue weighted by molar-refractivity contribution is 7.92. The Kier molecular flexibility index (Phi) is 5.27. The smallest absolute Gasteiger partial charge is 0.338 e. The van der Waals surface area contributed by atoms with Gasteiger partial charge in [-0.25, -0.2) is 17.6 Å². The first kappa shape index (κ1) is 19.0. The molecule has 0 radical (unpaired) electrons. The fourth-order valence-electron chi connectivity index (χ4n) is 2.87. The Bertz CT molecular complexity index is 986. The van der Waals surface area contributed by atoms with Gasteiger partial charge in [-0.1, -0.05) is 0 Å². The van der Waals surface area contributed by atoms with E-state index in [1.807, 2.05) is 0 Å². The molecule has 8 heteroatoms. The van der Waals surface area contributed by atoms with Crippen LogP contribution in [0.2, 0.25) is 0 Å². The summed E-state index contributed by atoms with van der Waals surface area (Å²) in [6.45, 7) is 1.48. The van der Waals surface area contributed by atoms with Crippen LogP contribution in [-0.4, -0.2) is 39.1 Å². The molecule has 0 amide bonds. The highest BCUT2D eigenvalue weighted by Crippen LogP contribution is 2.31. The SMILES string of the molecule is CCS(=O)(=O)N1CCc2cc(C(=O)COC(=O)c3ccc(F)cc3)ccc21. The Balaban J connectivity index is 1.68. The second-order valence-corrected chi connectivity index (χ2v) is 8.25. The minimum atomic E-state index is -3.35. The number of nitrogens with zero attached hydrogens (tertiary/aromatic N) is 1. The lowest BCUT2D eigenvalue weighted by Crippen LogP contribution is -2.30. The normalized spacial score (nSPS) is 13.3. The van der Waals surface area contributed by atoms with Crippen LogP contribution in [0.15, 0.2) is 42.5 Å². The summed E-state index contributed by atoms with van der Waals surface area (Å²) in [5, 5.41) is 0. The molecule has 0 aromatic heterocycles. The van der Waals surface area contributed by atoms with E-state index in [0.29, 0.717) is 24.2 Å². The zero-order valence-corrected chi connectivity index (χ0v) is 15.5.